The first-order chi connectivity index (χ1) is 10.1. The Hall–Kier alpha value is -2.21. The van der Waals surface area contributed by atoms with Crippen molar-refractivity contribution in [3.05, 3.63) is 46.2 Å². The van der Waals surface area contributed by atoms with Crippen LogP contribution >= 0.6 is 12.2 Å². The van der Waals surface area contributed by atoms with E-state index in [9.17, 15) is 4.79 Å². The number of aryl methyl sites for hydroxylation is 1. The molecule has 0 aliphatic rings. The molecule has 2 N–H and O–H groups in total. The molecule has 2 rings (SSSR count). The van der Waals surface area contributed by atoms with Crippen LogP contribution in [-0.4, -0.2) is 21.4 Å². The first kappa shape index (κ1) is 15.2. The van der Waals surface area contributed by atoms with E-state index < -0.39 is 0 Å². The van der Waals surface area contributed by atoms with Gasteiger partial charge in [0.15, 0.2) is 0 Å². The van der Waals surface area contributed by atoms with Crippen LogP contribution in [0.15, 0.2) is 35.1 Å². The van der Waals surface area contributed by atoms with Crippen LogP contribution in [0.3, 0.4) is 0 Å². The number of benzene rings is 1. The summed E-state index contributed by atoms with van der Waals surface area (Å²) in [6.07, 6.45) is 0. The largest absolute Gasteiger partial charge is 0.494 e. The van der Waals surface area contributed by atoms with Crippen LogP contribution < -0.4 is 16.0 Å². The van der Waals surface area contributed by atoms with E-state index in [0.29, 0.717) is 24.4 Å². The number of hydrogen-bond donors (Lipinski definition) is 1. The minimum absolute atomic E-state index is 0.0804. The van der Waals surface area contributed by atoms with Gasteiger partial charge in [-0.15, -0.1) is 0 Å². The molecular weight excluding hydrogens is 286 g/mol. The van der Waals surface area contributed by atoms with Crippen molar-refractivity contribution in [2.75, 3.05) is 6.61 Å². The van der Waals surface area contributed by atoms with Gasteiger partial charge in [-0.05, 0) is 44.2 Å². The van der Waals surface area contributed by atoms with Crippen LogP contribution in [-0.2, 0) is 6.54 Å². The minimum Gasteiger partial charge on any atom is -0.494 e. The third-order valence-electron chi connectivity index (χ3n) is 3.00. The van der Waals surface area contributed by atoms with E-state index >= 15 is 0 Å². The Morgan fingerprint density at radius 1 is 1.33 bits per heavy atom. The van der Waals surface area contributed by atoms with Gasteiger partial charge in [0, 0.05) is 12.1 Å². The zero-order chi connectivity index (χ0) is 15.4. The Labute approximate surface area is 128 Å². The molecule has 0 atom stereocenters. The number of rotatable bonds is 5. The molecular formula is C15H17N3O2S. The SMILES string of the molecule is CCOc1ccc(-c2cc(C(N)=S)c(=O)n(CC)n2)cc1. The van der Waals surface area contributed by atoms with E-state index in [1.165, 1.54) is 4.68 Å². The fourth-order valence-electron chi connectivity index (χ4n) is 1.96. The van der Waals surface area contributed by atoms with Gasteiger partial charge in [0.2, 0.25) is 0 Å². The monoisotopic (exact) mass is 303 g/mol. The minimum atomic E-state index is -0.264. The molecule has 6 heteroatoms. The van der Waals surface area contributed by atoms with Gasteiger partial charge in [0.1, 0.15) is 10.7 Å². The molecule has 0 aliphatic carbocycles. The summed E-state index contributed by atoms with van der Waals surface area (Å²) in [7, 11) is 0. The zero-order valence-electron chi connectivity index (χ0n) is 12.0. The maximum atomic E-state index is 12.1. The van der Waals surface area contributed by atoms with Crippen molar-refractivity contribution < 1.29 is 4.74 Å². The summed E-state index contributed by atoms with van der Waals surface area (Å²) in [5.74, 6) is 0.791. The second kappa shape index (κ2) is 6.49. The van der Waals surface area contributed by atoms with E-state index in [4.69, 9.17) is 22.7 Å². The van der Waals surface area contributed by atoms with Crippen LogP contribution in [0.1, 0.15) is 19.4 Å². The van der Waals surface area contributed by atoms with E-state index in [0.717, 1.165) is 11.3 Å². The molecule has 1 aromatic carbocycles. The molecule has 0 saturated heterocycles. The second-order valence-electron chi connectivity index (χ2n) is 4.39. The highest BCUT2D eigenvalue weighted by Gasteiger charge is 2.11. The highest BCUT2D eigenvalue weighted by Crippen LogP contribution is 2.20. The smallest absolute Gasteiger partial charge is 0.277 e. The van der Waals surface area contributed by atoms with E-state index in [-0.39, 0.29) is 10.5 Å². The van der Waals surface area contributed by atoms with Gasteiger partial charge in [-0.2, -0.15) is 5.10 Å². The van der Waals surface area contributed by atoms with Crippen molar-refractivity contribution in [2.24, 2.45) is 5.73 Å². The number of nitrogens with two attached hydrogens (primary N) is 1. The van der Waals surface area contributed by atoms with Gasteiger partial charge in [-0.1, -0.05) is 12.2 Å². The van der Waals surface area contributed by atoms with Crippen LogP contribution in [0.5, 0.6) is 5.75 Å². The average molecular weight is 303 g/mol. The Morgan fingerprint density at radius 2 is 2.00 bits per heavy atom. The highest BCUT2D eigenvalue weighted by molar-refractivity contribution is 7.80. The fourth-order valence-corrected chi connectivity index (χ4v) is 2.11. The van der Waals surface area contributed by atoms with Crippen LogP contribution in [0, 0.1) is 0 Å². The van der Waals surface area contributed by atoms with Gasteiger partial charge >= 0.3 is 0 Å². The summed E-state index contributed by atoms with van der Waals surface area (Å²) < 4.78 is 6.77. The molecule has 2 aromatic rings. The molecule has 0 saturated carbocycles. The Kier molecular flexibility index (Phi) is 4.70. The van der Waals surface area contributed by atoms with Crippen molar-refractivity contribution in [1.82, 2.24) is 9.78 Å². The Bertz CT molecular complexity index is 708. The molecule has 0 fully saturated rings. The van der Waals surface area contributed by atoms with Gasteiger partial charge in [-0.3, -0.25) is 4.79 Å². The quantitative estimate of drug-likeness (QED) is 0.855. The lowest BCUT2D eigenvalue weighted by molar-refractivity contribution is 0.340. The topological polar surface area (TPSA) is 70.1 Å². The molecule has 21 heavy (non-hydrogen) atoms. The summed E-state index contributed by atoms with van der Waals surface area (Å²) in [5, 5.41) is 4.33. The third-order valence-corrected chi connectivity index (χ3v) is 3.22. The number of aromatic nitrogens is 2. The van der Waals surface area contributed by atoms with Crippen molar-refractivity contribution in [3.63, 3.8) is 0 Å². The first-order valence-electron chi connectivity index (χ1n) is 6.72. The van der Waals surface area contributed by atoms with Crippen molar-refractivity contribution in [3.8, 4) is 17.0 Å². The van der Waals surface area contributed by atoms with Crippen LogP contribution in [0.25, 0.3) is 11.3 Å². The van der Waals surface area contributed by atoms with Gasteiger partial charge in [-0.25, -0.2) is 4.68 Å². The number of hydrogen-bond acceptors (Lipinski definition) is 4. The van der Waals surface area contributed by atoms with Crippen molar-refractivity contribution in [2.45, 2.75) is 20.4 Å². The maximum absolute atomic E-state index is 12.1. The summed E-state index contributed by atoms with van der Waals surface area (Å²) in [5.41, 5.74) is 7.19. The fraction of sp³-hybridized carbons (Fsp3) is 0.267. The predicted molar refractivity (Wildman–Crippen MR) is 86.7 cm³/mol. The predicted octanol–water partition coefficient (Wildman–Crippen LogP) is 1.96. The molecule has 1 aromatic heterocycles. The molecule has 1 heterocycles. The van der Waals surface area contributed by atoms with Crippen molar-refractivity contribution >= 4 is 17.2 Å². The number of nitrogens with zero attached hydrogens (tertiary/aromatic N) is 2. The van der Waals surface area contributed by atoms with Crippen molar-refractivity contribution in [1.29, 1.82) is 0 Å². The van der Waals surface area contributed by atoms with Gasteiger partial charge in [0.05, 0.1) is 17.9 Å². The molecule has 0 aliphatic heterocycles. The lowest BCUT2D eigenvalue weighted by Crippen LogP contribution is -2.30. The molecule has 0 unspecified atom stereocenters. The zero-order valence-corrected chi connectivity index (χ0v) is 12.8. The lowest BCUT2D eigenvalue weighted by atomic mass is 10.1. The summed E-state index contributed by atoms with van der Waals surface area (Å²) in [6, 6.07) is 9.14. The van der Waals surface area contributed by atoms with Gasteiger partial charge < -0.3 is 10.5 Å². The Balaban J connectivity index is 2.50. The molecule has 0 radical (unpaired) electrons. The van der Waals surface area contributed by atoms with Gasteiger partial charge in [0.25, 0.3) is 5.56 Å². The van der Waals surface area contributed by atoms with Crippen LogP contribution in [0.2, 0.25) is 0 Å². The molecule has 0 spiro atoms. The van der Waals surface area contributed by atoms with E-state index in [1.807, 2.05) is 38.1 Å². The summed E-state index contributed by atoms with van der Waals surface area (Å²) in [4.78, 5) is 12.2. The standard InChI is InChI=1S/C15H17N3O2S/c1-3-18-15(19)12(14(16)21)9-13(17-18)10-5-7-11(8-6-10)20-4-2/h5-9H,3-4H2,1-2H3,(H2,16,21). The lowest BCUT2D eigenvalue weighted by Gasteiger charge is -2.09. The molecule has 5 nitrogen and oxygen atoms in total. The Morgan fingerprint density at radius 3 is 2.52 bits per heavy atom. The molecule has 0 bridgehead atoms. The normalized spacial score (nSPS) is 10.4. The average Bonchev–Trinajstić information content (AvgIpc) is 2.48. The first-order valence-corrected chi connectivity index (χ1v) is 7.12. The number of thiocarbonyl (C=S) groups is 1. The van der Waals surface area contributed by atoms with E-state index in [1.54, 1.807) is 6.07 Å². The second-order valence-corrected chi connectivity index (χ2v) is 4.83. The third kappa shape index (κ3) is 3.28. The molecule has 0 amide bonds. The summed E-state index contributed by atoms with van der Waals surface area (Å²) in [6.45, 7) is 4.85. The maximum Gasteiger partial charge on any atom is 0.277 e. The van der Waals surface area contributed by atoms with E-state index in [2.05, 4.69) is 5.10 Å². The number of ether oxygens (including phenoxy) is 1. The highest BCUT2D eigenvalue weighted by atomic mass is 32.1. The van der Waals surface area contributed by atoms with Crippen LogP contribution in [0.4, 0.5) is 0 Å². The summed E-state index contributed by atoms with van der Waals surface area (Å²) >= 11 is 4.94. The molecule has 110 valence electrons.